The molecule has 2 unspecified atom stereocenters. The van der Waals surface area contributed by atoms with Crippen molar-refractivity contribution in [1.82, 2.24) is 5.32 Å². The summed E-state index contributed by atoms with van der Waals surface area (Å²) in [6.45, 7) is 3.17. The van der Waals surface area contributed by atoms with Crippen molar-refractivity contribution in [2.45, 2.75) is 45.3 Å². The van der Waals surface area contributed by atoms with Gasteiger partial charge in [0.1, 0.15) is 5.75 Å². The molecule has 18 heavy (non-hydrogen) atoms. The van der Waals surface area contributed by atoms with Gasteiger partial charge in [-0.3, -0.25) is 0 Å². The van der Waals surface area contributed by atoms with Crippen molar-refractivity contribution in [1.29, 1.82) is 0 Å². The van der Waals surface area contributed by atoms with Crippen molar-refractivity contribution in [3.8, 4) is 5.75 Å². The monoisotopic (exact) mass is 311 g/mol. The highest BCUT2D eigenvalue weighted by Crippen LogP contribution is 2.33. The van der Waals surface area contributed by atoms with Crippen LogP contribution in [-0.2, 0) is 6.54 Å². The molecule has 0 amide bonds. The fraction of sp³-hybridized carbons (Fsp3) is 0.600. The van der Waals surface area contributed by atoms with E-state index in [0.29, 0.717) is 6.10 Å². The van der Waals surface area contributed by atoms with Gasteiger partial charge in [0.2, 0.25) is 0 Å². The Kier molecular flexibility index (Phi) is 5.07. The average Bonchev–Trinajstić information content (AvgIpc) is 2.34. The topological polar surface area (TPSA) is 21.3 Å². The Labute approximate surface area is 118 Å². The SMILES string of the molecule is CNCc1cccc(Br)c1OC1CCCC(C)C1. The summed E-state index contributed by atoms with van der Waals surface area (Å²) in [4.78, 5) is 0. The van der Waals surface area contributed by atoms with Gasteiger partial charge in [0.05, 0.1) is 10.6 Å². The first-order valence-corrected chi connectivity index (χ1v) is 7.58. The minimum atomic E-state index is 0.378. The molecule has 0 bridgehead atoms. The minimum Gasteiger partial charge on any atom is -0.489 e. The Morgan fingerprint density at radius 3 is 2.94 bits per heavy atom. The van der Waals surface area contributed by atoms with E-state index in [9.17, 15) is 0 Å². The molecule has 1 aromatic carbocycles. The molecule has 0 spiro atoms. The minimum absolute atomic E-state index is 0.378. The van der Waals surface area contributed by atoms with Gasteiger partial charge >= 0.3 is 0 Å². The Hall–Kier alpha value is -0.540. The zero-order valence-electron chi connectivity index (χ0n) is 11.2. The lowest BCUT2D eigenvalue weighted by Crippen LogP contribution is -2.25. The van der Waals surface area contributed by atoms with Crippen molar-refractivity contribution in [3.05, 3.63) is 28.2 Å². The smallest absolute Gasteiger partial charge is 0.138 e. The zero-order valence-corrected chi connectivity index (χ0v) is 12.8. The van der Waals surface area contributed by atoms with Crippen LogP contribution < -0.4 is 10.1 Å². The number of hydrogen-bond donors (Lipinski definition) is 1. The highest BCUT2D eigenvalue weighted by Gasteiger charge is 2.21. The van der Waals surface area contributed by atoms with E-state index in [1.165, 1.54) is 31.2 Å². The van der Waals surface area contributed by atoms with Crippen molar-refractivity contribution >= 4 is 15.9 Å². The maximum atomic E-state index is 6.25. The van der Waals surface area contributed by atoms with Crippen LogP contribution in [0.1, 0.15) is 38.2 Å². The number of rotatable bonds is 4. The third-order valence-corrected chi connectivity index (χ3v) is 4.21. The van der Waals surface area contributed by atoms with Crippen LogP contribution in [0.2, 0.25) is 0 Å². The summed E-state index contributed by atoms with van der Waals surface area (Å²) in [5, 5.41) is 3.20. The van der Waals surface area contributed by atoms with Crippen LogP contribution >= 0.6 is 15.9 Å². The first kappa shape index (κ1) is 13.9. The number of nitrogens with one attached hydrogen (secondary N) is 1. The lowest BCUT2D eigenvalue weighted by Gasteiger charge is -2.28. The van der Waals surface area contributed by atoms with E-state index in [0.717, 1.165) is 22.7 Å². The zero-order chi connectivity index (χ0) is 13.0. The van der Waals surface area contributed by atoms with Crippen molar-refractivity contribution < 1.29 is 4.74 Å². The van der Waals surface area contributed by atoms with Gasteiger partial charge in [0.25, 0.3) is 0 Å². The first-order chi connectivity index (χ1) is 8.70. The maximum Gasteiger partial charge on any atom is 0.138 e. The molecule has 1 N–H and O–H groups in total. The summed E-state index contributed by atoms with van der Waals surface area (Å²) in [6.07, 6.45) is 5.38. The largest absolute Gasteiger partial charge is 0.489 e. The fourth-order valence-corrected chi connectivity index (χ4v) is 3.17. The molecule has 0 radical (unpaired) electrons. The molecule has 0 heterocycles. The molecule has 100 valence electrons. The van der Waals surface area contributed by atoms with Gasteiger partial charge in [-0.05, 0) is 54.2 Å². The molecular formula is C15H22BrNO. The predicted octanol–water partition coefficient (Wildman–Crippen LogP) is 4.13. The standard InChI is InChI=1S/C15H22BrNO/c1-11-5-3-7-13(9-11)18-15-12(10-17-2)6-4-8-14(15)16/h4,6,8,11,13,17H,3,5,7,9-10H2,1-2H3. The number of halogens is 1. The molecule has 2 atom stereocenters. The molecule has 1 fully saturated rings. The molecule has 2 rings (SSSR count). The molecule has 0 aliphatic heterocycles. The molecule has 3 heteroatoms. The summed E-state index contributed by atoms with van der Waals surface area (Å²) in [5.41, 5.74) is 1.23. The summed E-state index contributed by atoms with van der Waals surface area (Å²) < 4.78 is 7.32. The van der Waals surface area contributed by atoms with Gasteiger partial charge in [0, 0.05) is 12.1 Å². The number of hydrogen-bond acceptors (Lipinski definition) is 2. The molecule has 1 aliphatic carbocycles. The van der Waals surface area contributed by atoms with Gasteiger partial charge in [-0.1, -0.05) is 25.5 Å². The molecular weight excluding hydrogens is 290 g/mol. The molecule has 2 nitrogen and oxygen atoms in total. The molecule has 1 aliphatic rings. The van der Waals surface area contributed by atoms with Gasteiger partial charge < -0.3 is 10.1 Å². The second-order valence-corrected chi connectivity index (χ2v) is 6.12. The van der Waals surface area contributed by atoms with Gasteiger partial charge in [0.15, 0.2) is 0 Å². The normalized spacial score (nSPS) is 23.9. The van der Waals surface area contributed by atoms with Crippen molar-refractivity contribution in [3.63, 3.8) is 0 Å². The van der Waals surface area contributed by atoms with Crippen LogP contribution in [0, 0.1) is 5.92 Å². The fourth-order valence-electron chi connectivity index (χ4n) is 2.67. The van der Waals surface area contributed by atoms with Crippen LogP contribution in [0.3, 0.4) is 0 Å². The van der Waals surface area contributed by atoms with E-state index in [1.807, 2.05) is 7.05 Å². The molecule has 1 saturated carbocycles. The Morgan fingerprint density at radius 2 is 2.22 bits per heavy atom. The summed E-state index contributed by atoms with van der Waals surface area (Å²) >= 11 is 3.61. The first-order valence-electron chi connectivity index (χ1n) is 6.79. The van der Waals surface area contributed by atoms with E-state index in [2.05, 4.69) is 46.4 Å². The lowest BCUT2D eigenvalue weighted by atomic mass is 9.88. The lowest BCUT2D eigenvalue weighted by molar-refractivity contribution is 0.127. The maximum absolute atomic E-state index is 6.25. The number of benzene rings is 1. The van der Waals surface area contributed by atoms with Crippen molar-refractivity contribution in [2.75, 3.05) is 7.05 Å². The Bertz CT molecular complexity index is 394. The molecule has 0 saturated heterocycles. The number of ether oxygens (including phenoxy) is 1. The van der Waals surface area contributed by atoms with Crippen LogP contribution in [-0.4, -0.2) is 13.2 Å². The van der Waals surface area contributed by atoms with Crippen molar-refractivity contribution in [2.24, 2.45) is 5.92 Å². The summed E-state index contributed by atoms with van der Waals surface area (Å²) in [7, 11) is 1.97. The summed E-state index contributed by atoms with van der Waals surface area (Å²) in [6, 6.07) is 6.25. The molecule has 0 aromatic heterocycles. The highest BCUT2D eigenvalue weighted by atomic mass is 79.9. The Balaban J connectivity index is 2.11. The third kappa shape index (κ3) is 3.48. The van der Waals surface area contributed by atoms with E-state index < -0.39 is 0 Å². The number of para-hydroxylation sites is 1. The van der Waals surface area contributed by atoms with Crippen LogP contribution in [0.25, 0.3) is 0 Å². The van der Waals surface area contributed by atoms with Gasteiger partial charge in [-0.25, -0.2) is 0 Å². The second kappa shape index (κ2) is 6.58. The second-order valence-electron chi connectivity index (χ2n) is 5.27. The molecule has 1 aromatic rings. The van der Waals surface area contributed by atoms with E-state index in [1.54, 1.807) is 0 Å². The third-order valence-electron chi connectivity index (χ3n) is 3.59. The Morgan fingerprint density at radius 1 is 1.39 bits per heavy atom. The summed E-state index contributed by atoms with van der Waals surface area (Å²) in [5.74, 6) is 1.81. The average molecular weight is 312 g/mol. The van der Waals surface area contributed by atoms with Gasteiger partial charge in [-0.2, -0.15) is 0 Å². The van der Waals surface area contributed by atoms with E-state index in [-0.39, 0.29) is 0 Å². The van der Waals surface area contributed by atoms with Crippen LogP contribution in [0.4, 0.5) is 0 Å². The van der Waals surface area contributed by atoms with Crippen LogP contribution in [0.15, 0.2) is 22.7 Å². The van der Waals surface area contributed by atoms with E-state index in [4.69, 9.17) is 4.74 Å². The van der Waals surface area contributed by atoms with Crippen LogP contribution in [0.5, 0.6) is 5.75 Å². The van der Waals surface area contributed by atoms with E-state index >= 15 is 0 Å². The quantitative estimate of drug-likeness (QED) is 0.903. The van der Waals surface area contributed by atoms with Gasteiger partial charge in [-0.15, -0.1) is 0 Å². The highest BCUT2D eigenvalue weighted by molar-refractivity contribution is 9.10. The predicted molar refractivity (Wildman–Crippen MR) is 79.0 cm³/mol.